The average Bonchev–Trinajstić information content (AvgIpc) is 2.28. The highest BCUT2D eigenvalue weighted by Crippen LogP contribution is 2.31. The third-order valence-corrected chi connectivity index (χ3v) is 2.92. The van der Waals surface area contributed by atoms with Crippen LogP contribution in [0.5, 0.6) is 0 Å². The van der Waals surface area contributed by atoms with Gasteiger partial charge in [-0.2, -0.15) is 0 Å². The van der Waals surface area contributed by atoms with Gasteiger partial charge < -0.3 is 5.11 Å². The molecule has 0 saturated heterocycles. The Morgan fingerprint density at radius 2 is 1.67 bits per heavy atom. The molecule has 0 aliphatic rings. The highest BCUT2D eigenvalue weighted by molar-refractivity contribution is 5.22. The van der Waals surface area contributed by atoms with Crippen LogP contribution in [0.3, 0.4) is 0 Å². The minimum absolute atomic E-state index is 0.605. The fourth-order valence-electron chi connectivity index (χ4n) is 2.04. The van der Waals surface area contributed by atoms with Gasteiger partial charge in [0.25, 0.3) is 0 Å². The van der Waals surface area contributed by atoms with Crippen LogP contribution in [0.15, 0.2) is 30.3 Å². The van der Waals surface area contributed by atoms with Gasteiger partial charge in [-0.25, -0.2) is 0 Å². The summed E-state index contributed by atoms with van der Waals surface area (Å²) in [5.41, 5.74) is 0.465. The van der Waals surface area contributed by atoms with E-state index in [4.69, 9.17) is 0 Å². The van der Waals surface area contributed by atoms with Gasteiger partial charge in [-0.3, -0.25) is 0 Å². The zero-order valence-corrected chi connectivity index (χ0v) is 9.87. The van der Waals surface area contributed by atoms with Crippen LogP contribution in [0, 0.1) is 0 Å². The summed E-state index contributed by atoms with van der Waals surface area (Å²) in [5, 5.41) is 10.6. The zero-order valence-electron chi connectivity index (χ0n) is 9.87. The minimum atomic E-state index is -0.605. The van der Waals surface area contributed by atoms with Crippen LogP contribution in [0.4, 0.5) is 0 Å². The maximum absolute atomic E-state index is 10.6. The van der Waals surface area contributed by atoms with Gasteiger partial charge in [0.1, 0.15) is 0 Å². The van der Waals surface area contributed by atoms with E-state index >= 15 is 0 Å². The molecule has 1 heteroatoms. The van der Waals surface area contributed by atoms with Gasteiger partial charge >= 0.3 is 0 Å². The van der Waals surface area contributed by atoms with Crippen molar-refractivity contribution in [3.05, 3.63) is 35.9 Å². The summed E-state index contributed by atoms with van der Waals surface area (Å²) in [6.45, 7) is 4.29. The second-order valence-electron chi connectivity index (χ2n) is 4.25. The molecular formula is C14H22O. The molecule has 0 fully saturated rings. The number of unbranched alkanes of at least 4 members (excludes halogenated alkanes) is 1. The van der Waals surface area contributed by atoms with Crippen molar-refractivity contribution >= 4 is 0 Å². The third kappa shape index (κ3) is 3.35. The molecule has 0 spiro atoms. The normalized spacial score (nSPS) is 14.9. The Morgan fingerprint density at radius 3 is 2.20 bits per heavy atom. The van der Waals surface area contributed by atoms with Crippen LogP contribution >= 0.6 is 0 Å². The molecule has 0 saturated carbocycles. The van der Waals surface area contributed by atoms with E-state index in [1.807, 2.05) is 30.3 Å². The Bertz CT molecular complexity index is 268. The molecule has 1 nitrogen and oxygen atoms in total. The first-order valence-corrected chi connectivity index (χ1v) is 6.01. The van der Waals surface area contributed by atoms with E-state index in [1.165, 1.54) is 0 Å². The Labute approximate surface area is 93.1 Å². The third-order valence-electron chi connectivity index (χ3n) is 2.92. The van der Waals surface area contributed by atoms with Crippen molar-refractivity contribution in [2.24, 2.45) is 0 Å². The zero-order chi connectivity index (χ0) is 11.1. The average molecular weight is 206 g/mol. The van der Waals surface area contributed by atoms with E-state index in [1.54, 1.807) is 0 Å². The molecule has 1 rings (SSSR count). The molecule has 0 heterocycles. The smallest absolute Gasteiger partial charge is 0.0896 e. The van der Waals surface area contributed by atoms with Crippen molar-refractivity contribution in [2.75, 3.05) is 0 Å². The predicted molar refractivity (Wildman–Crippen MR) is 64.8 cm³/mol. The summed E-state index contributed by atoms with van der Waals surface area (Å²) in [7, 11) is 0. The molecule has 0 bridgehead atoms. The van der Waals surface area contributed by atoms with Crippen molar-refractivity contribution < 1.29 is 5.11 Å². The van der Waals surface area contributed by atoms with E-state index < -0.39 is 5.60 Å². The van der Waals surface area contributed by atoms with Crippen LogP contribution in [0.2, 0.25) is 0 Å². The monoisotopic (exact) mass is 206 g/mol. The molecule has 0 radical (unpaired) electrons. The van der Waals surface area contributed by atoms with E-state index in [0.717, 1.165) is 37.7 Å². The quantitative estimate of drug-likeness (QED) is 0.749. The number of benzene rings is 1. The molecule has 0 aromatic heterocycles. The lowest BCUT2D eigenvalue weighted by Gasteiger charge is -2.28. The second kappa shape index (κ2) is 5.92. The number of hydrogen-bond acceptors (Lipinski definition) is 1. The highest BCUT2D eigenvalue weighted by Gasteiger charge is 2.26. The van der Waals surface area contributed by atoms with Crippen LogP contribution < -0.4 is 0 Å². The SMILES string of the molecule is CCCCC(O)(CCC)c1ccccc1. The number of rotatable bonds is 6. The molecule has 1 N–H and O–H groups in total. The van der Waals surface area contributed by atoms with Crippen molar-refractivity contribution in [3.63, 3.8) is 0 Å². The van der Waals surface area contributed by atoms with Crippen LogP contribution in [0.25, 0.3) is 0 Å². The van der Waals surface area contributed by atoms with Crippen molar-refractivity contribution in [1.82, 2.24) is 0 Å². The van der Waals surface area contributed by atoms with Gasteiger partial charge in [-0.1, -0.05) is 63.4 Å². The Morgan fingerprint density at radius 1 is 1.00 bits per heavy atom. The molecule has 84 valence electrons. The van der Waals surface area contributed by atoms with E-state index in [2.05, 4.69) is 13.8 Å². The van der Waals surface area contributed by atoms with Gasteiger partial charge in [-0.15, -0.1) is 0 Å². The summed E-state index contributed by atoms with van der Waals surface area (Å²) < 4.78 is 0. The standard InChI is InChI=1S/C14H22O/c1-3-5-12-14(15,11-4-2)13-9-7-6-8-10-13/h6-10,15H,3-5,11-12H2,1-2H3. The first-order chi connectivity index (χ1) is 7.23. The molecule has 1 aromatic carbocycles. The van der Waals surface area contributed by atoms with Crippen LogP contribution in [-0.4, -0.2) is 5.11 Å². The predicted octanol–water partition coefficient (Wildman–Crippen LogP) is 3.86. The van der Waals surface area contributed by atoms with Gasteiger partial charge in [-0.05, 0) is 18.4 Å². The molecule has 1 aromatic rings. The Hall–Kier alpha value is -0.820. The molecule has 1 unspecified atom stereocenters. The van der Waals surface area contributed by atoms with E-state index in [-0.39, 0.29) is 0 Å². The first kappa shape index (κ1) is 12.3. The summed E-state index contributed by atoms with van der Waals surface area (Å²) in [4.78, 5) is 0. The Balaban J connectivity index is 2.80. The molecule has 15 heavy (non-hydrogen) atoms. The van der Waals surface area contributed by atoms with Crippen LogP contribution in [-0.2, 0) is 5.60 Å². The number of hydrogen-bond donors (Lipinski definition) is 1. The van der Waals surface area contributed by atoms with Gasteiger partial charge in [0.15, 0.2) is 0 Å². The maximum atomic E-state index is 10.6. The summed E-state index contributed by atoms with van der Waals surface area (Å²) in [5.74, 6) is 0. The van der Waals surface area contributed by atoms with E-state index in [0.29, 0.717) is 0 Å². The topological polar surface area (TPSA) is 20.2 Å². The fraction of sp³-hybridized carbons (Fsp3) is 0.571. The second-order valence-corrected chi connectivity index (χ2v) is 4.25. The minimum Gasteiger partial charge on any atom is -0.385 e. The maximum Gasteiger partial charge on any atom is 0.0896 e. The van der Waals surface area contributed by atoms with Crippen molar-refractivity contribution in [3.8, 4) is 0 Å². The fourth-order valence-corrected chi connectivity index (χ4v) is 2.04. The summed E-state index contributed by atoms with van der Waals surface area (Å²) in [6.07, 6.45) is 4.98. The largest absolute Gasteiger partial charge is 0.385 e. The molecular weight excluding hydrogens is 184 g/mol. The Kier molecular flexibility index (Phi) is 4.83. The lowest BCUT2D eigenvalue weighted by molar-refractivity contribution is 0.0155. The summed E-state index contributed by atoms with van der Waals surface area (Å²) >= 11 is 0. The van der Waals surface area contributed by atoms with Gasteiger partial charge in [0.05, 0.1) is 5.60 Å². The lowest BCUT2D eigenvalue weighted by atomic mass is 9.85. The summed E-state index contributed by atoms with van der Waals surface area (Å²) in [6, 6.07) is 10.1. The molecule has 0 aliphatic carbocycles. The lowest BCUT2D eigenvalue weighted by Crippen LogP contribution is -2.25. The van der Waals surface area contributed by atoms with Gasteiger partial charge in [0.2, 0.25) is 0 Å². The molecule has 1 atom stereocenters. The van der Waals surface area contributed by atoms with Crippen molar-refractivity contribution in [2.45, 2.75) is 51.6 Å². The number of aliphatic hydroxyl groups is 1. The van der Waals surface area contributed by atoms with Gasteiger partial charge in [0, 0.05) is 0 Å². The van der Waals surface area contributed by atoms with Crippen molar-refractivity contribution in [1.29, 1.82) is 0 Å². The van der Waals surface area contributed by atoms with E-state index in [9.17, 15) is 5.11 Å². The molecule has 0 aliphatic heterocycles. The van der Waals surface area contributed by atoms with Crippen LogP contribution in [0.1, 0.15) is 51.5 Å². The first-order valence-electron chi connectivity index (χ1n) is 6.01. The molecule has 0 amide bonds. The highest BCUT2D eigenvalue weighted by atomic mass is 16.3.